The van der Waals surface area contributed by atoms with Crippen molar-refractivity contribution in [3.63, 3.8) is 0 Å². The molecule has 2 atom stereocenters. The van der Waals surface area contributed by atoms with E-state index in [1.807, 2.05) is 12.1 Å². The molecule has 2 saturated heterocycles. The molecule has 2 unspecified atom stereocenters. The molecule has 0 radical (unpaired) electrons. The number of aromatic nitrogens is 1. The van der Waals surface area contributed by atoms with E-state index in [1.165, 1.54) is 12.8 Å². The van der Waals surface area contributed by atoms with Gasteiger partial charge < -0.3 is 9.64 Å². The number of hydrogen-bond acceptors (Lipinski definition) is 3. The van der Waals surface area contributed by atoms with Crippen LogP contribution in [0.15, 0.2) is 18.2 Å². The molecule has 1 aromatic heterocycles. The molecule has 3 heterocycles. The molecule has 3 rings (SSSR count). The molecular formula is C13H17ClN2O. The predicted octanol–water partition coefficient (Wildman–Crippen LogP) is 2.74. The predicted molar refractivity (Wildman–Crippen MR) is 67.5 cm³/mol. The van der Waals surface area contributed by atoms with Crippen molar-refractivity contribution < 1.29 is 4.74 Å². The lowest BCUT2D eigenvalue weighted by molar-refractivity contribution is 0.0633. The van der Waals surface area contributed by atoms with Crippen LogP contribution in [0.2, 0.25) is 5.15 Å². The summed E-state index contributed by atoms with van der Waals surface area (Å²) >= 11 is 5.86. The fourth-order valence-electron chi connectivity index (χ4n) is 3.08. The summed E-state index contributed by atoms with van der Waals surface area (Å²) in [6.07, 6.45) is 5.14. The number of piperidine rings is 1. The number of fused-ring (bicyclic) bond motifs is 2. The second kappa shape index (κ2) is 4.46. The van der Waals surface area contributed by atoms with Crippen LogP contribution in [0.1, 0.15) is 25.7 Å². The minimum atomic E-state index is 0.301. The number of rotatable bonds is 2. The highest BCUT2D eigenvalue weighted by Crippen LogP contribution is 2.35. The van der Waals surface area contributed by atoms with Gasteiger partial charge in [0.25, 0.3) is 0 Å². The zero-order valence-electron chi connectivity index (χ0n) is 9.97. The summed E-state index contributed by atoms with van der Waals surface area (Å²) in [4.78, 5) is 6.69. The third kappa shape index (κ3) is 2.26. The Balaban J connectivity index is 1.67. The maximum Gasteiger partial charge on any atom is 0.214 e. The van der Waals surface area contributed by atoms with E-state index >= 15 is 0 Å². The molecular weight excluding hydrogens is 236 g/mol. The van der Waals surface area contributed by atoms with Gasteiger partial charge in [-0.3, -0.25) is 0 Å². The first kappa shape index (κ1) is 11.3. The normalized spacial score (nSPS) is 32.7. The van der Waals surface area contributed by atoms with E-state index in [4.69, 9.17) is 16.3 Å². The third-order valence-corrected chi connectivity index (χ3v) is 4.24. The van der Waals surface area contributed by atoms with E-state index in [9.17, 15) is 0 Å². The molecule has 2 fully saturated rings. The van der Waals surface area contributed by atoms with Gasteiger partial charge in [0.05, 0.1) is 0 Å². The van der Waals surface area contributed by atoms with Crippen molar-refractivity contribution in [2.24, 2.45) is 0 Å². The number of nitrogens with zero attached hydrogens (tertiary/aromatic N) is 2. The number of halogens is 1. The fraction of sp³-hybridized carbons (Fsp3) is 0.615. The maximum atomic E-state index is 5.94. The number of pyridine rings is 1. The molecule has 0 saturated carbocycles. The van der Waals surface area contributed by atoms with Crippen LogP contribution in [0.25, 0.3) is 0 Å². The van der Waals surface area contributed by atoms with Crippen molar-refractivity contribution in [1.82, 2.24) is 9.88 Å². The topological polar surface area (TPSA) is 25.4 Å². The molecule has 0 amide bonds. The zero-order valence-corrected chi connectivity index (χ0v) is 10.7. The van der Waals surface area contributed by atoms with Gasteiger partial charge in [-0.2, -0.15) is 0 Å². The van der Waals surface area contributed by atoms with Crippen LogP contribution < -0.4 is 4.74 Å². The Hall–Kier alpha value is -0.800. The second-order valence-corrected chi connectivity index (χ2v) is 5.45. The molecule has 1 aromatic rings. The molecule has 0 spiro atoms. The maximum absolute atomic E-state index is 5.94. The van der Waals surface area contributed by atoms with Crippen LogP contribution in [-0.2, 0) is 0 Å². The Bertz CT molecular complexity index is 398. The Morgan fingerprint density at radius 1 is 1.29 bits per heavy atom. The van der Waals surface area contributed by atoms with Gasteiger partial charge >= 0.3 is 0 Å². The highest BCUT2D eigenvalue weighted by atomic mass is 35.5. The van der Waals surface area contributed by atoms with Gasteiger partial charge in [-0.25, -0.2) is 4.98 Å². The molecule has 17 heavy (non-hydrogen) atoms. The molecule has 2 aliphatic rings. The first-order valence-electron chi connectivity index (χ1n) is 6.23. The number of hydrogen-bond donors (Lipinski definition) is 0. The van der Waals surface area contributed by atoms with Crippen LogP contribution in [0, 0.1) is 0 Å². The highest BCUT2D eigenvalue weighted by molar-refractivity contribution is 6.29. The molecule has 4 heteroatoms. The standard InChI is InChI=1S/C13H17ClN2O/c1-16-9-5-6-10(16)8-11(7-9)17-13-4-2-3-12(14)15-13/h2-4,9-11H,5-8H2,1H3. The SMILES string of the molecule is CN1C2CCC1CC(Oc1cccc(Cl)n1)C2. The van der Waals surface area contributed by atoms with E-state index in [2.05, 4.69) is 16.9 Å². The van der Waals surface area contributed by atoms with Gasteiger partial charge in [0.1, 0.15) is 11.3 Å². The van der Waals surface area contributed by atoms with Crippen LogP contribution in [-0.4, -0.2) is 35.1 Å². The van der Waals surface area contributed by atoms with E-state index in [0.717, 1.165) is 12.8 Å². The van der Waals surface area contributed by atoms with Gasteiger partial charge in [0.2, 0.25) is 5.88 Å². The van der Waals surface area contributed by atoms with E-state index in [-0.39, 0.29) is 0 Å². The summed E-state index contributed by atoms with van der Waals surface area (Å²) in [5.41, 5.74) is 0. The monoisotopic (exact) mass is 252 g/mol. The molecule has 2 aliphatic heterocycles. The summed E-state index contributed by atoms with van der Waals surface area (Å²) in [6.45, 7) is 0. The molecule has 2 bridgehead atoms. The Morgan fingerprint density at radius 2 is 2.00 bits per heavy atom. The Morgan fingerprint density at radius 3 is 2.65 bits per heavy atom. The highest BCUT2D eigenvalue weighted by Gasteiger charge is 2.39. The van der Waals surface area contributed by atoms with Crippen molar-refractivity contribution in [3.05, 3.63) is 23.4 Å². The van der Waals surface area contributed by atoms with Gasteiger partial charge in [0, 0.05) is 18.2 Å². The molecule has 0 N–H and O–H groups in total. The Kier molecular flexibility index (Phi) is 2.97. The summed E-state index contributed by atoms with van der Waals surface area (Å²) in [5, 5.41) is 0.499. The van der Waals surface area contributed by atoms with Gasteiger partial charge in [-0.1, -0.05) is 17.7 Å². The van der Waals surface area contributed by atoms with Crippen molar-refractivity contribution in [2.45, 2.75) is 43.9 Å². The minimum absolute atomic E-state index is 0.301. The lowest BCUT2D eigenvalue weighted by atomic mass is 10.0. The van der Waals surface area contributed by atoms with Crippen molar-refractivity contribution in [2.75, 3.05) is 7.05 Å². The summed E-state index contributed by atoms with van der Waals surface area (Å²) in [5.74, 6) is 0.659. The molecule has 0 aromatic carbocycles. The van der Waals surface area contributed by atoms with Crippen molar-refractivity contribution >= 4 is 11.6 Å². The van der Waals surface area contributed by atoms with Gasteiger partial charge in [-0.05, 0) is 38.8 Å². The third-order valence-electron chi connectivity index (χ3n) is 4.03. The summed E-state index contributed by atoms with van der Waals surface area (Å²) < 4.78 is 5.94. The largest absolute Gasteiger partial charge is 0.474 e. The van der Waals surface area contributed by atoms with Gasteiger partial charge in [0.15, 0.2) is 0 Å². The molecule has 92 valence electrons. The lowest BCUT2D eigenvalue weighted by Gasteiger charge is -2.36. The summed E-state index contributed by atoms with van der Waals surface area (Å²) in [7, 11) is 2.23. The quantitative estimate of drug-likeness (QED) is 0.757. The smallest absolute Gasteiger partial charge is 0.214 e. The second-order valence-electron chi connectivity index (χ2n) is 5.06. The summed E-state index contributed by atoms with van der Waals surface area (Å²) in [6, 6.07) is 6.92. The first-order chi connectivity index (χ1) is 8.22. The molecule has 0 aliphatic carbocycles. The van der Waals surface area contributed by atoms with E-state index in [1.54, 1.807) is 6.07 Å². The van der Waals surface area contributed by atoms with Crippen molar-refractivity contribution in [1.29, 1.82) is 0 Å². The minimum Gasteiger partial charge on any atom is -0.474 e. The van der Waals surface area contributed by atoms with Crippen LogP contribution in [0.5, 0.6) is 5.88 Å². The first-order valence-corrected chi connectivity index (χ1v) is 6.61. The van der Waals surface area contributed by atoms with E-state index in [0.29, 0.717) is 29.2 Å². The van der Waals surface area contributed by atoms with Crippen LogP contribution in [0.4, 0.5) is 0 Å². The van der Waals surface area contributed by atoms with Gasteiger partial charge in [-0.15, -0.1) is 0 Å². The average Bonchev–Trinajstić information content (AvgIpc) is 2.52. The fourth-order valence-corrected chi connectivity index (χ4v) is 3.24. The van der Waals surface area contributed by atoms with Crippen molar-refractivity contribution in [3.8, 4) is 5.88 Å². The average molecular weight is 253 g/mol. The lowest BCUT2D eigenvalue weighted by Crippen LogP contribution is -2.43. The Labute approximate surface area is 107 Å². The molecule has 3 nitrogen and oxygen atoms in total. The zero-order chi connectivity index (χ0) is 11.8. The number of ether oxygens (including phenoxy) is 1. The van der Waals surface area contributed by atoms with Crippen LogP contribution >= 0.6 is 11.6 Å². The van der Waals surface area contributed by atoms with Crippen LogP contribution in [0.3, 0.4) is 0 Å². The van der Waals surface area contributed by atoms with E-state index < -0.39 is 0 Å².